The summed E-state index contributed by atoms with van der Waals surface area (Å²) in [6.07, 6.45) is 1.28. The van der Waals surface area contributed by atoms with Gasteiger partial charge in [-0.1, -0.05) is 13.8 Å². The highest BCUT2D eigenvalue weighted by atomic mass is 16.4. The standard InChI is InChI=1S/C9H15NO3/c1-6(2)8(9(12)13)10-5-3-4-7(10)11/h6,8H,3-5H2,1-2H3,(H,12,13). The molecule has 1 amide bonds. The SMILES string of the molecule is CC(C)C(C(=O)O)N1CCCC1=O. The van der Waals surface area contributed by atoms with Gasteiger partial charge < -0.3 is 10.0 Å². The zero-order chi connectivity index (χ0) is 10.0. The van der Waals surface area contributed by atoms with Gasteiger partial charge in [-0.3, -0.25) is 4.79 Å². The lowest BCUT2D eigenvalue weighted by atomic mass is 10.0. The second kappa shape index (κ2) is 3.77. The maximum absolute atomic E-state index is 11.3. The lowest BCUT2D eigenvalue weighted by Gasteiger charge is -2.26. The van der Waals surface area contributed by atoms with Crippen molar-refractivity contribution < 1.29 is 14.7 Å². The van der Waals surface area contributed by atoms with Crippen LogP contribution in [0.15, 0.2) is 0 Å². The third kappa shape index (κ3) is 1.99. The molecule has 1 saturated heterocycles. The van der Waals surface area contributed by atoms with Crippen LogP contribution in [-0.4, -0.2) is 34.5 Å². The molecule has 1 aliphatic heterocycles. The van der Waals surface area contributed by atoms with E-state index in [0.717, 1.165) is 6.42 Å². The fourth-order valence-electron chi connectivity index (χ4n) is 1.74. The minimum Gasteiger partial charge on any atom is -0.480 e. The van der Waals surface area contributed by atoms with E-state index in [1.54, 1.807) is 0 Å². The Hall–Kier alpha value is -1.06. The van der Waals surface area contributed by atoms with Crippen molar-refractivity contribution >= 4 is 11.9 Å². The number of hydrogen-bond acceptors (Lipinski definition) is 2. The van der Waals surface area contributed by atoms with Crippen molar-refractivity contribution in [3.05, 3.63) is 0 Å². The van der Waals surface area contributed by atoms with Crippen LogP contribution in [0, 0.1) is 5.92 Å². The van der Waals surface area contributed by atoms with E-state index in [4.69, 9.17) is 5.11 Å². The predicted octanol–water partition coefficient (Wildman–Crippen LogP) is 0.718. The number of hydrogen-bond donors (Lipinski definition) is 1. The van der Waals surface area contributed by atoms with Gasteiger partial charge in [-0.05, 0) is 12.3 Å². The fraction of sp³-hybridized carbons (Fsp3) is 0.778. The maximum Gasteiger partial charge on any atom is 0.326 e. The van der Waals surface area contributed by atoms with Gasteiger partial charge in [0, 0.05) is 13.0 Å². The average Bonchev–Trinajstić information content (AvgIpc) is 2.35. The first-order chi connectivity index (χ1) is 6.04. The van der Waals surface area contributed by atoms with Crippen molar-refractivity contribution in [1.29, 1.82) is 0 Å². The predicted molar refractivity (Wildman–Crippen MR) is 47.2 cm³/mol. The molecule has 0 aliphatic carbocycles. The number of aliphatic carboxylic acids is 1. The molecule has 0 aromatic carbocycles. The molecule has 4 nitrogen and oxygen atoms in total. The molecule has 74 valence electrons. The van der Waals surface area contributed by atoms with E-state index in [9.17, 15) is 9.59 Å². The molecule has 0 aromatic heterocycles. The van der Waals surface area contributed by atoms with Crippen LogP contribution in [0.1, 0.15) is 26.7 Å². The van der Waals surface area contributed by atoms with E-state index in [1.807, 2.05) is 13.8 Å². The highest BCUT2D eigenvalue weighted by Gasteiger charge is 2.34. The summed E-state index contributed by atoms with van der Waals surface area (Å²) in [7, 11) is 0. The topological polar surface area (TPSA) is 57.6 Å². The zero-order valence-electron chi connectivity index (χ0n) is 7.99. The second-order valence-electron chi connectivity index (χ2n) is 3.72. The lowest BCUT2D eigenvalue weighted by molar-refractivity contribution is -0.150. The monoisotopic (exact) mass is 185 g/mol. The van der Waals surface area contributed by atoms with E-state index >= 15 is 0 Å². The van der Waals surface area contributed by atoms with Crippen molar-refractivity contribution in [1.82, 2.24) is 4.90 Å². The molecule has 0 radical (unpaired) electrons. The van der Waals surface area contributed by atoms with Crippen LogP contribution in [0.4, 0.5) is 0 Å². The summed E-state index contributed by atoms with van der Waals surface area (Å²) in [5.41, 5.74) is 0. The van der Waals surface area contributed by atoms with Crippen LogP contribution >= 0.6 is 0 Å². The van der Waals surface area contributed by atoms with E-state index in [-0.39, 0.29) is 11.8 Å². The Kier molecular flexibility index (Phi) is 2.90. The summed E-state index contributed by atoms with van der Waals surface area (Å²) in [6.45, 7) is 4.24. The molecule has 13 heavy (non-hydrogen) atoms. The number of carbonyl (C=O) groups is 2. The molecule has 0 spiro atoms. The van der Waals surface area contributed by atoms with Gasteiger partial charge in [-0.2, -0.15) is 0 Å². The van der Waals surface area contributed by atoms with Crippen molar-refractivity contribution in [3.63, 3.8) is 0 Å². The van der Waals surface area contributed by atoms with Crippen LogP contribution in [0.25, 0.3) is 0 Å². The largest absolute Gasteiger partial charge is 0.480 e. The Morgan fingerprint density at radius 3 is 2.46 bits per heavy atom. The van der Waals surface area contributed by atoms with Gasteiger partial charge in [0.2, 0.25) is 5.91 Å². The van der Waals surface area contributed by atoms with Gasteiger partial charge in [-0.15, -0.1) is 0 Å². The van der Waals surface area contributed by atoms with E-state index < -0.39 is 12.0 Å². The average molecular weight is 185 g/mol. The lowest BCUT2D eigenvalue weighted by Crippen LogP contribution is -2.45. The van der Waals surface area contributed by atoms with Crippen LogP contribution in [0.5, 0.6) is 0 Å². The molecule has 0 saturated carbocycles. The normalized spacial score (nSPS) is 19.6. The smallest absolute Gasteiger partial charge is 0.326 e. The number of carboxylic acid groups (broad SMARTS) is 1. The zero-order valence-corrected chi connectivity index (χ0v) is 7.99. The van der Waals surface area contributed by atoms with Crippen LogP contribution < -0.4 is 0 Å². The number of rotatable bonds is 3. The van der Waals surface area contributed by atoms with Crippen molar-refractivity contribution in [2.24, 2.45) is 5.92 Å². The molecule has 1 heterocycles. The number of nitrogens with zero attached hydrogens (tertiary/aromatic N) is 1. The first-order valence-corrected chi connectivity index (χ1v) is 4.56. The van der Waals surface area contributed by atoms with E-state index in [2.05, 4.69) is 0 Å². The van der Waals surface area contributed by atoms with Gasteiger partial charge in [0.05, 0.1) is 0 Å². The minimum atomic E-state index is -0.898. The first kappa shape index (κ1) is 10.0. The summed E-state index contributed by atoms with van der Waals surface area (Å²) in [6, 6.07) is -0.644. The van der Waals surface area contributed by atoms with E-state index in [1.165, 1.54) is 4.90 Å². The third-order valence-corrected chi connectivity index (χ3v) is 2.33. The summed E-state index contributed by atoms with van der Waals surface area (Å²) >= 11 is 0. The van der Waals surface area contributed by atoms with Crippen molar-refractivity contribution in [3.8, 4) is 0 Å². The molecule has 1 atom stereocenters. The number of likely N-dealkylation sites (tertiary alicyclic amines) is 1. The summed E-state index contributed by atoms with van der Waals surface area (Å²) in [5, 5.41) is 8.93. The molecule has 1 N–H and O–H groups in total. The Balaban J connectivity index is 2.75. The summed E-state index contributed by atoms with van der Waals surface area (Å²) < 4.78 is 0. The Labute approximate surface area is 77.5 Å². The van der Waals surface area contributed by atoms with Gasteiger partial charge in [-0.25, -0.2) is 4.79 Å². The van der Waals surface area contributed by atoms with E-state index in [0.29, 0.717) is 13.0 Å². The first-order valence-electron chi connectivity index (χ1n) is 4.56. The minimum absolute atomic E-state index is 0.0268. The summed E-state index contributed by atoms with van der Waals surface area (Å²) in [5.74, 6) is -0.953. The molecular formula is C9H15NO3. The van der Waals surface area contributed by atoms with Gasteiger partial charge in [0.25, 0.3) is 0 Å². The third-order valence-electron chi connectivity index (χ3n) is 2.33. The second-order valence-corrected chi connectivity index (χ2v) is 3.72. The molecule has 4 heteroatoms. The highest BCUT2D eigenvalue weighted by Crippen LogP contribution is 2.18. The maximum atomic E-state index is 11.3. The quantitative estimate of drug-likeness (QED) is 0.704. The van der Waals surface area contributed by atoms with Crippen LogP contribution in [-0.2, 0) is 9.59 Å². The molecule has 0 aromatic rings. The van der Waals surface area contributed by atoms with Crippen LogP contribution in [0.3, 0.4) is 0 Å². The van der Waals surface area contributed by atoms with Gasteiger partial charge in [0.15, 0.2) is 0 Å². The highest BCUT2D eigenvalue weighted by molar-refractivity contribution is 5.85. The van der Waals surface area contributed by atoms with Gasteiger partial charge >= 0.3 is 5.97 Å². The van der Waals surface area contributed by atoms with Crippen molar-refractivity contribution in [2.75, 3.05) is 6.54 Å². The fourth-order valence-corrected chi connectivity index (χ4v) is 1.74. The van der Waals surface area contributed by atoms with Crippen molar-refractivity contribution in [2.45, 2.75) is 32.7 Å². The number of carboxylic acids is 1. The Morgan fingerprint density at radius 2 is 2.15 bits per heavy atom. The Bertz CT molecular complexity index is 225. The molecule has 1 aliphatic rings. The summed E-state index contributed by atoms with van der Waals surface area (Å²) in [4.78, 5) is 23.6. The molecule has 1 unspecified atom stereocenters. The van der Waals surface area contributed by atoms with Crippen LogP contribution in [0.2, 0.25) is 0 Å². The molecule has 0 bridgehead atoms. The Morgan fingerprint density at radius 1 is 1.54 bits per heavy atom. The molecular weight excluding hydrogens is 170 g/mol. The number of carbonyl (C=O) groups excluding carboxylic acids is 1. The van der Waals surface area contributed by atoms with Gasteiger partial charge in [0.1, 0.15) is 6.04 Å². The number of amides is 1. The molecule has 1 rings (SSSR count). The molecule has 1 fully saturated rings.